The Kier molecular flexibility index (Phi) is 4.85. The summed E-state index contributed by atoms with van der Waals surface area (Å²) in [6.07, 6.45) is 0. The van der Waals surface area contributed by atoms with Crippen molar-refractivity contribution in [1.29, 1.82) is 0 Å². The maximum absolute atomic E-state index is 11.6. The Morgan fingerprint density at radius 2 is 1.64 bits per heavy atom. The first kappa shape index (κ1) is 16.4. The lowest BCUT2D eigenvalue weighted by atomic mass is 10.0. The van der Waals surface area contributed by atoms with Crippen LogP contribution in [0.15, 0.2) is 83.0 Å². The van der Waals surface area contributed by atoms with E-state index in [9.17, 15) is 9.90 Å². The molecule has 3 aromatic rings. The molecule has 0 heterocycles. The number of hydrogen-bond acceptors (Lipinski definition) is 5. The maximum Gasteiger partial charge on any atom is 0.341 e. The van der Waals surface area contributed by atoms with Gasteiger partial charge >= 0.3 is 5.97 Å². The van der Waals surface area contributed by atoms with Gasteiger partial charge in [-0.2, -0.15) is 5.11 Å². The number of methoxy groups -OCH3 is 1. The third-order valence-corrected chi connectivity index (χ3v) is 3.65. The number of aromatic hydroxyl groups is 1. The van der Waals surface area contributed by atoms with Crippen molar-refractivity contribution in [3.05, 3.63) is 78.4 Å². The van der Waals surface area contributed by atoms with Gasteiger partial charge in [-0.25, -0.2) is 4.79 Å². The van der Waals surface area contributed by atoms with Gasteiger partial charge in [-0.15, -0.1) is 5.11 Å². The molecular formula is C20H16N2O3. The Balaban J connectivity index is 1.95. The summed E-state index contributed by atoms with van der Waals surface area (Å²) in [4.78, 5) is 11.6. The van der Waals surface area contributed by atoms with Crippen LogP contribution >= 0.6 is 0 Å². The highest BCUT2D eigenvalue weighted by molar-refractivity contribution is 5.93. The predicted octanol–water partition coefficient (Wildman–Crippen LogP) is 5.26. The van der Waals surface area contributed by atoms with Crippen LogP contribution in [0, 0.1) is 0 Å². The second-order valence-corrected chi connectivity index (χ2v) is 5.28. The van der Waals surface area contributed by atoms with Crippen molar-refractivity contribution in [2.45, 2.75) is 0 Å². The SMILES string of the molecule is COC(=O)c1cc(/N=N/c2ccccc2-c2ccccc2)ccc1O. The molecule has 0 saturated carbocycles. The number of rotatable bonds is 4. The van der Waals surface area contributed by atoms with E-state index in [1.165, 1.54) is 19.2 Å². The number of benzene rings is 3. The number of nitrogens with zero attached hydrogens (tertiary/aromatic N) is 2. The van der Waals surface area contributed by atoms with Crippen molar-refractivity contribution in [2.24, 2.45) is 10.2 Å². The van der Waals surface area contributed by atoms with Crippen molar-refractivity contribution in [2.75, 3.05) is 7.11 Å². The van der Waals surface area contributed by atoms with Crippen LogP contribution in [0.1, 0.15) is 10.4 Å². The van der Waals surface area contributed by atoms with Crippen LogP contribution in [-0.4, -0.2) is 18.2 Å². The molecule has 0 aliphatic rings. The van der Waals surface area contributed by atoms with Crippen molar-refractivity contribution < 1.29 is 14.6 Å². The zero-order chi connectivity index (χ0) is 17.6. The van der Waals surface area contributed by atoms with E-state index < -0.39 is 5.97 Å². The van der Waals surface area contributed by atoms with Gasteiger partial charge in [-0.1, -0.05) is 48.5 Å². The summed E-state index contributed by atoms with van der Waals surface area (Å²) in [6, 6.07) is 22.0. The summed E-state index contributed by atoms with van der Waals surface area (Å²) in [5.74, 6) is -0.783. The van der Waals surface area contributed by atoms with Crippen molar-refractivity contribution >= 4 is 17.3 Å². The second kappa shape index (κ2) is 7.40. The average Bonchev–Trinajstić information content (AvgIpc) is 2.67. The first-order chi connectivity index (χ1) is 12.2. The van der Waals surface area contributed by atoms with Crippen LogP contribution in [0.25, 0.3) is 11.1 Å². The Morgan fingerprint density at radius 3 is 2.40 bits per heavy atom. The largest absolute Gasteiger partial charge is 0.507 e. The number of azo groups is 1. The molecule has 5 heteroatoms. The average molecular weight is 332 g/mol. The van der Waals surface area contributed by atoms with Crippen LogP contribution < -0.4 is 0 Å². The number of phenols is 1. The lowest BCUT2D eigenvalue weighted by Crippen LogP contribution is -2.00. The van der Waals surface area contributed by atoms with Crippen LogP contribution in [0.5, 0.6) is 5.75 Å². The van der Waals surface area contributed by atoms with Crippen molar-refractivity contribution in [3.8, 4) is 16.9 Å². The van der Waals surface area contributed by atoms with Crippen LogP contribution in [0.2, 0.25) is 0 Å². The van der Waals surface area contributed by atoms with Crippen LogP contribution in [0.4, 0.5) is 11.4 Å². The minimum atomic E-state index is -0.626. The Morgan fingerprint density at radius 1 is 0.920 bits per heavy atom. The van der Waals surface area contributed by atoms with Gasteiger partial charge in [0, 0.05) is 5.56 Å². The normalized spacial score (nSPS) is 10.8. The molecule has 1 N–H and O–H groups in total. The molecule has 0 unspecified atom stereocenters. The number of ether oxygens (including phenoxy) is 1. The van der Waals surface area contributed by atoms with Gasteiger partial charge in [0.2, 0.25) is 0 Å². The van der Waals surface area contributed by atoms with E-state index in [0.717, 1.165) is 11.1 Å². The Hall–Kier alpha value is -3.47. The number of esters is 1. The molecule has 0 radical (unpaired) electrons. The lowest BCUT2D eigenvalue weighted by Gasteiger charge is -2.05. The molecule has 0 aliphatic carbocycles. The first-order valence-electron chi connectivity index (χ1n) is 7.66. The summed E-state index contributed by atoms with van der Waals surface area (Å²) >= 11 is 0. The highest BCUT2D eigenvalue weighted by atomic mass is 16.5. The Labute approximate surface area is 145 Å². The lowest BCUT2D eigenvalue weighted by molar-refractivity contribution is 0.0597. The van der Waals surface area contributed by atoms with E-state index in [-0.39, 0.29) is 11.3 Å². The van der Waals surface area contributed by atoms with E-state index in [1.54, 1.807) is 6.07 Å². The summed E-state index contributed by atoms with van der Waals surface area (Å²) in [5.41, 5.74) is 3.20. The topological polar surface area (TPSA) is 71.2 Å². The molecular weight excluding hydrogens is 316 g/mol. The Bertz CT molecular complexity index is 921. The smallest absolute Gasteiger partial charge is 0.341 e. The van der Waals surface area contributed by atoms with E-state index >= 15 is 0 Å². The number of carbonyl (C=O) groups is 1. The molecule has 0 aromatic heterocycles. The summed E-state index contributed by atoms with van der Waals surface area (Å²) in [6.45, 7) is 0. The first-order valence-corrected chi connectivity index (χ1v) is 7.66. The molecule has 0 spiro atoms. The molecule has 5 nitrogen and oxygen atoms in total. The molecule has 0 amide bonds. The quantitative estimate of drug-likeness (QED) is 0.523. The third kappa shape index (κ3) is 3.72. The van der Waals surface area contributed by atoms with Gasteiger partial charge in [-0.3, -0.25) is 0 Å². The summed E-state index contributed by atoms with van der Waals surface area (Å²) in [5, 5.41) is 18.2. The summed E-state index contributed by atoms with van der Waals surface area (Å²) < 4.78 is 4.64. The molecule has 124 valence electrons. The van der Waals surface area contributed by atoms with E-state index in [1.807, 2.05) is 54.6 Å². The molecule has 0 saturated heterocycles. The standard InChI is InChI=1S/C20H16N2O3/c1-25-20(24)17-13-15(11-12-19(17)23)21-22-18-10-6-5-9-16(18)14-7-3-2-4-8-14/h2-13,23H,1H3/b22-21+. The van der Waals surface area contributed by atoms with E-state index in [4.69, 9.17) is 0 Å². The van der Waals surface area contributed by atoms with Crippen molar-refractivity contribution in [3.63, 3.8) is 0 Å². The number of phenolic OH excluding ortho intramolecular Hbond substituents is 1. The molecule has 25 heavy (non-hydrogen) atoms. The number of carbonyl (C=O) groups excluding carboxylic acids is 1. The zero-order valence-electron chi connectivity index (χ0n) is 13.6. The molecule has 0 atom stereocenters. The molecule has 0 bridgehead atoms. The predicted molar refractivity (Wildman–Crippen MR) is 95.5 cm³/mol. The van der Waals surface area contributed by atoms with Crippen LogP contribution in [-0.2, 0) is 4.74 Å². The van der Waals surface area contributed by atoms with Gasteiger partial charge in [-0.05, 0) is 29.8 Å². The maximum atomic E-state index is 11.6. The minimum Gasteiger partial charge on any atom is -0.507 e. The molecule has 0 aliphatic heterocycles. The molecule has 3 aromatic carbocycles. The van der Waals surface area contributed by atoms with Gasteiger partial charge < -0.3 is 9.84 Å². The second-order valence-electron chi connectivity index (χ2n) is 5.28. The van der Waals surface area contributed by atoms with Gasteiger partial charge in [0.1, 0.15) is 11.3 Å². The van der Waals surface area contributed by atoms with Crippen molar-refractivity contribution in [1.82, 2.24) is 0 Å². The van der Waals surface area contributed by atoms with Gasteiger partial charge in [0.15, 0.2) is 0 Å². The summed E-state index contributed by atoms with van der Waals surface area (Å²) in [7, 11) is 1.26. The zero-order valence-corrected chi connectivity index (χ0v) is 13.6. The molecule has 0 fully saturated rings. The monoisotopic (exact) mass is 332 g/mol. The van der Waals surface area contributed by atoms with Crippen LogP contribution in [0.3, 0.4) is 0 Å². The van der Waals surface area contributed by atoms with Gasteiger partial charge in [0.05, 0.1) is 18.5 Å². The van der Waals surface area contributed by atoms with Gasteiger partial charge in [0.25, 0.3) is 0 Å². The third-order valence-electron chi connectivity index (χ3n) is 3.65. The fourth-order valence-corrected chi connectivity index (χ4v) is 2.39. The highest BCUT2D eigenvalue weighted by Crippen LogP contribution is 2.32. The van der Waals surface area contributed by atoms with E-state index in [0.29, 0.717) is 11.4 Å². The fraction of sp³-hybridized carbons (Fsp3) is 0.0500. The minimum absolute atomic E-state index is 0.0512. The fourth-order valence-electron chi connectivity index (χ4n) is 2.39. The van der Waals surface area contributed by atoms with E-state index in [2.05, 4.69) is 15.0 Å². The number of hydrogen-bond donors (Lipinski definition) is 1. The highest BCUT2D eigenvalue weighted by Gasteiger charge is 2.12. The molecule has 3 rings (SSSR count).